The van der Waals surface area contributed by atoms with Crippen LogP contribution in [0, 0.1) is 0 Å². The van der Waals surface area contributed by atoms with Crippen LogP contribution in [0.2, 0.25) is 0 Å². The molecule has 1 heterocycles. The lowest BCUT2D eigenvalue weighted by Crippen LogP contribution is -2.45. The molecule has 0 spiro atoms. The van der Waals surface area contributed by atoms with Gasteiger partial charge in [-0.3, -0.25) is 4.90 Å². The normalized spacial score (nSPS) is 23.6. The maximum Gasteiger partial charge on any atom is 0.0234 e. The fraction of sp³-hybridized carbons (Fsp3) is 0.333. The quantitative estimate of drug-likeness (QED) is 0.925. The van der Waals surface area contributed by atoms with E-state index in [-0.39, 0.29) is 6.04 Å². The van der Waals surface area contributed by atoms with E-state index in [1.54, 1.807) is 0 Å². The molecule has 0 saturated carbocycles. The first-order valence-corrected chi connectivity index (χ1v) is 7.40. The van der Waals surface area contributed by atoms with E-state index < -0.39 is 0 Å². The third-order valence-electron chi connectivity index (χ3n) is 4.23. The van der Waals surface area contributed by atoms with Crippen molar-refractivity contribution in [1.29, 1.82) is 0 Å². The van der Waals surface area contributed by atoms with Gasteiger partial charge in [0.25, 0.3) is 0 Å². The average Bonchev–Trinajstić information content (AvgIpc) is 2.51. The van der Waals surface area contributed by atoms with Crippen LogP contribution in [0.5, 0.6) is 0 Å². The van der Waals surface area contributed by atoms with Crippen molar-refractivity contribution in [3.63, 3.8) is 0 Å². The van der Waals surface area contributed by atoms with Crippen molar-refractivity contribution in [3.05, 3.63) is 71.8 Å². The Labute approximate surface area is 121 Å². The fourth-order valence-corrected chi connectivity index (χ4v) is 3.08. The highest BCUT2D eigenvalue weighted by Gasteiger charge is 2.27. The molecule has 3 rings (SSSR count). The van der Waals surface area contributed by atoms with E-state index in [0.717, 1.165) is 26.1 Å². The molecule has 2 nitrogen and oxygen atoms in total. The third kappa shape index (κ3) is 3.09. The molecule has 2 atom stereocenters. The van der Waals surface area contributed by atoms with Gasteiger partial charge in [-0.25, -0.2) is 0 Å². The molecule has 20 heavy (non-hydrogen) atoms. The van der Waals surface area contributed by atoms with Crippen LogP contribution in [0.15, 0.2) is 60.7 Å². The number of hydrogen-bond acceptors (Lipinski definition) is 2. The molecule has 0 radical (unpaired) electrons. The summed E-state index contributed by atoms with van der Waals surface area (Å²) in [6, 6.07) is 21.7. The van der Waals surface area contributed by atoms with Crippen LogP contribution in [0.1, 0.15) is 23.5 Å². The molecule has 2 heteroatoms. The molecule has 1 aliphatic heterocycles. The van der Waals surface area contributed by atoms with Gasteiger partial charge in [0.1, 0.15) is 0 Å². The van der Waals surface area contributed by atoms with Crippen molar-refractivity contribution in [2.24, 2.45) is 5.73 Å². The molecule has 0 amide bonds. The molecule has 0 unspecified atom stereocenters. The lowest BCUT2D eigenvalue weighted by atomic mass is 9.86. The Hall–Kier alpha value is -1.64. The van der Waals surface area contributed by atoms with Gasteiger partial charge < -0.3 is 5.73 Å². The van der Waals surface area contributed by atoms with Crippen molar-refractivity contribution in [2.75, 3.05) is 13.1 Å². The molecular formula is C18H22N2. The molecule has 1 saturated heterocycles. The first kappa shape index (κ1) is 13.3. The summed E-state index contributed by atoms with van der Waals surface area (Å²) in [5.41, 5.74) is 9.10. The van der Waals surface area contributed by atoms with E-state index in [0.29, 0.717) is 5.92 Å². The van der Waals surface area contributed by atoms with Gasteiger partial charge in [0.05, 0.1) is 0 Å². The zero-order chi connectivity index (χ0) is 13.8. The van der Waals surface area contributed by atoms with Crippen LogP contribution < -0.4 is 5.73 Å². The minimum absolute atomic E-state index is 0.282. The van der Waals surface area contributed by atoms with Crippen LogP contribution in [0.3, 0.4) is 0 Å². The number of likely N-dealkylation sites (tertiary alicyclic amines) is 1. The van der Waals surface area contributed by atoms with E-state index in [4.69, 9.17) is 5.73 Å². The Morgan fingerprint density at radius 2 is 1.60 bits per heavy atom. The molecular weight excluding hydrogens is 244 g/mol. The molecule has 2 aromatic rings. The van der Waals surface area contributed by atoms with Gasteiger partial charge >= 0.3 is 0 Å². The fourth-order valence-electron chi connectivity index (χ4n) is 3.08. The van der Waals surface area contributed by atoms with Crippen LogP contribution in [0.4, 0.5) is 0 Å². The predicted molar refractivity (Wildman–Crippen MR) is 83.5 cm³/mol. The highest BCUT2D eigenvalue weighted by molar-refractivity contribution is 5.23. The molecule has 0 aromatic heterocycles. The summed E-state index contributed by atoms with van der Waals surface area (Å²) in [5.74, 6) is 0.452. The van der Waals surface area contributed by atoms with E-state index in [2.05, 4.69) is 65.6 Å². The van der Waals surface area contributed by atoms with Gasteiger partial charge in [0.2, 0.25) is 0 Å². The summed E-state index contributed by atoms with van der Waals surface area (Å²) < 4.78 is 0. The van der Waals surface area contributed by atoms with Crippen LogP contribution in [0.25, 0.3) is 0 Å². The van der Waals surface area contributed by atoms with E-state index in [1.165, 1.54) is 11.1 Å². The molecule has 104 valence electrons. The lowest BCUT2D eigenvalue weighted by molar-refractivity contribution is 0.183. The van der Waals surface area contributed by atoms with Gasteiger partial charge in [-0.2, -0.15) is 0 Å². The topological polar surface area (TPSA) is 29.3 Å². The lowest BCUT2D eigenvalue weighted by Gasteiger charge is -2.37. The highest BCUT2D eigenvalue weighted by Crippen LogP contribution is 2.26. The Morgan fingerprint density at radius 3 is 2.30 bits per heavy atom. The van der Waals surface area contributed by atoms with Crippen LogP contribution >= 0.6 is 0 Å². The van der Waals surface area contributed by atoms with Crippen molar-refractivity contribution in [1.82, 2.24) is 4.90 Å². The zero-order valence-corrected chi connectivity index (χ0v) is 11.8. The van der Waals surface area contributed by atoms with E-state index in [1.807, 2.05) is 0 Å². The molecule has 2 N–H and O–H groups in total. The van der Waals surface area contributed by atoms with Gasteiger partial charge in [0, 0.05) is 31.6 Å². The third-order valence-corrected chi connectivity index (χ3v) is 4.23. The number of piperidine rings is 1. The van der Waals surface area contributed by atoms with Gasteiger partial charge in [-0.15, -0.1) is 0 Å². The predicted octanol–water partition coefficient (Wildman–Crippen LogP) is 3.00. The summed E-state index contributed by atoms with van der Waals surface area (Å²) in [6.45, 7) is 3.18. The van der Waals surface area contributed by atoms with Crippen molar-refractivity contribution in [3.8, 4) is 0 Å². The van der Waals surface area contributed by atoms with Crippen LogP contribution in [-0.4, -0.2) is 24.0 Å². The molecule has 1 fully saturated rings. The second kappa shape index (κ2) is 6.21. The number of benzene rings is 2. The molecule has 0 aliphatic carbocycles. The Balaban J connectivity index is 1.70. The largest absolute Gasteiger partial charge is 0.327 e. The summed E-state index contributed by atoms with van der Waals surface area (Å²) in [4.78, 5) is 2.52. The minimum Gasteiger partial charge on any atom is -0.327 e. The number of hydrogen-bond donors (Lipinski definition) is 1. The Kier molecular flexibility index (Phi) is 4.14. The van der Waals surface area contributed by atoms with Gasteiger partial charge in [0.15, 0.2) is 0 Å². The summed E-state index contributed by atoms with van der Waals surface area (Å²) in [7, 11) is 0. The number of rotatable bonds is 3. The molecule has 1 aliphatic rings. The number of nitrogens with zero attached hydrogens (tertiary/aromatic N) is 1. The molecule has 0 bridgehead atoms. The Bertz CT molecular complexity index is 524. The SMILES string of the molecule is N[C@H]1CCN(Cc2ccccc2)C[C@H]1c1ccccc1. The molecule has 2 aromatic carbocycles. The van der Waals surface area contributed by atoms with Crippen molar-refractivity contribution < 1.29 is 0 Å². The minimum atomic E-state index is 0.282. The van der Waals surface area contributed by atoms with Crippen LogP contribution in [-0.2, 0) is 6.54 Å². The van der Waals surface area contributed by atoms with E-state index >= 15 is 0 Å². The van der Waals surface area contributed by atoms with Crippen molar-refractivity contribution >= 4 is 0 Å². The standard InChI is InChI=1S/C18H22N2/c19-18-11-12-20(13-15-7-3-1-4-8-15)14-17(18)16-9-5-2-6-10-16/h1-10,17-18H,11-14,19H2/t17-,18-/m0/s1. The zero-order valence-electron chi connectivity index (χ0n) is 11.8. The second-order valence-corrected chi connectivity index (χ2v) is 5.69. The van der Waals surface area contributed by atoms with E-state index in [9.17, 15) is 0 Å². The van der Waals surface area contributed by atoms with Gasteiger partial charge in [-0.05, 0) is 17.5 Å². The maximum absolute atomic E-state index is 6.34. The summed E-state index contributed by atoms with van der Waals surface area (Å²) in [6.07, 6.45) is 1.08. The summed E-state index contributed by atoms with van der Waals surface area (Å²) in [5, 5.41) is 0. The smallest absolute Gasteiger partial charge is 0.0234 e. The summed E-state index contributed by atoms with van der Waals surface area (Å²) >= 11 is 0. The second-order valence-electron chi connectivity index (χ2n) is 5.69. The highest BCUT2D eigenvalue weighted by atomic mass is 15.1. The average molecular weight is 266 g/mol. The maximum atomic E-state index is 6.34. The number of nitrogens with two attached hydrogens (primary N) is 1. The first-order valence-electron chi connectivity index (χ1n) is 7.40. The van der Waals surface area contributed by atoms with Gasteiger partial charge in [-0.1, -0.05) is 60.7 Å². The monoisotopic (exact) mass is 266 g/mol. The van der Waals surface area contributed by atoms with Crippen molar-refractivity contribution in [2.45, 2.75) is 24.9 Å². The first-order chi connectivity index (χ1) is 9.83. The Morgan fingerprint density at radius 1 is 0.950 bits per heavy atom.